The highest BCUT2D eigenvalue weighted by Crippen LogP contribution is 2.26. The van der Waals surface area contributed by atoms with E-state index >= 15 is 0 Å². The summed E-state index contributed by atoms with van der Waals surface area (Å²) in [7, 11) is 2.01. The fourth-order valence-electron chi connectivity index (χ4n) is 4.65. The number of benzene rings is 1. The zero-order chi connectivity index (χ0) is 27.7. The summed E-state index contributed by atoms with van der Waals surface area (Å²) in [6.45, 7) is 8.18. The molecular formula is C29H40F2N6O. The smallest absolute Gasteiger partial charge is 0.242 e. The second kappa shape index (κ2) is 14.1. The number of imidazole rings is 1. The summed E-state index contributed by atoms with van der Waals surface area (Å²) in [6, 6.07) is 1.85. The Morgan fingerprint density at radius 2 is 2.11 bits per heavy atom. The van der Waals surface area contributed by atoms with Gasteiger partial charge in [0.05, 0.1) is 12.4 Å². The van der Waals surface area contributed by atoms with Gasteiger partial charge in [-0.3, -0.25) is 4.79 Å². The van der Waals surface area contributed by atoms with Crippen molar-refractivity contribution in [1.29, 1.82) is 5.41 Å². The molecule has 0 saturated carbocycles. The summed E-state index contributed by atoms with van der Waals surface area (Å²) in [6.07, 6.45) is 12.0. The average Bonchev–Trinajstić information content (AvgIpc) is 3.32. The quantitative estimate of drug-likeness (QED) is 0.256. The number of hydrogen-bond donors (Lipinski definition) is 3. The number of aromatic nitrogens is 2. The van der Waals surface area contributed by atoms with Crippen molar-refractivity contribution in [3.8, 4) is 0 Å². The maximum Gasteiger partial charge on any atom is 0.242 e. The highest BCUT2D eigenvalue weighted by molar-refractivity contribution is 5.94. The summed E-state index contributed by atoms with van der Waals surface area (Å²) < 4.78 is 29.8. The van der Waals surface area contributed by atoms with Crippen molar-refractivity contribution < 1.29 is 13.6 Å². The third-order valence-electron chi connectivity index (χ3n) is 6.69. The minimum absolute atomic E-state index is 0.0607. The zero-order valence-electron chi connectivity index (χ0n) is 22.9. The lowest BCUT2D eigenvalue weighted by Gasteiger charge is -2.29. The van der Waals surface area contributed by atoms with Gasteiger partial charge in [-0.25, -0.2) is 13.8 Å². The van der Waals surface area contributed by atoms with Gasteiger partial charge in [-0.2, -0.15) is 0 Å². The monoisotopic (exact) mass is 526 g/mol. The molecule has 9 heteroatoms. The van der Waals surface area contributed by atoms with Crippen LogP contribution in [0.3, 0.4) is 0 Å². The first-order chi connectivity index (χ1) is 18.2. The predicted molar refractivity (Wildman–Crippen MR) is 149 cm³/mol. The minimum atomic E-state index is -0.547. The Morgan fingerprint density at radius 1 is 1.32 bits per heavy atom. The van der Waals surface area contributed by atoms with Crippen LogP contribution in [0.4, 0.5) is 14.6 Å². The van der Waals surface area contributed by atoms with Crippen molar-refractivity contribution >= 4 is 17.9 Å². The van der Waals surface area contributed by atoms with Gasteiger partial charge >= 0.3 is 0 Å². The molecule has 0 bridgehead atoms. The van der Waals surface area contributed by atoms with Crippen LogP contribution in [0.5, 0.6) is 0 Å². The van der Waals surface area contributed by atoms with Crippen LogP contribution in [0.15, 0.2) is 48.0 Å². The number of rotatable bonds is 13. The molecule has 7 nitrogen and oxygen atoms in total. The van der Waals surface area contributed by atoms with Crippen LogP contribution >= 0.6 is 0 Å². The van der Waals surface area contributed by atoms with Crippen molar-refractivity contribution in [2.75, 3.05) is 25.5 Å². The van der Waals surface area contributed by atoms with Gasteiger partial charge in [-0.05, 0) is 69.3 Å². The number of carbonyl (C=O) groups is 1. The van der Waals surface area contributed by atoms with Crippen LogP contribution in [0.25, 0.3) is 0 Å². The molecule has 0 saturated heterocycles. The molecule has 2 atom stereocenters. The van der Waals surface area contributed by atoms with Crippen molar-refractivity contribution in [3.63, 3.8) is 0 Å². The van der Waals surface area contributed by atoms with Gasteiger partial charge in [0.15, 0.2) is 5.82 Å². The number of carbonyl (C=O) groups excluding carboxylic acids is 1. The van der Waals surface area contributed by atoms with Crippen LogP contribution < -0.4 is 10.6 Å². The number of aryl methyl sites for hydroxylation is 1. The molecule has 0 aliphatic heterocycles. The fourth-order valence-corrected chi connectivity index (χ4v) is 4.65. The zero-order valence-corrected chi connectivity index (χ0v) is 22.9. The third-order valence-corrected chi connectivity index (χ3v) is 6.69. The number of fused-ring (bicyclic) bond motifs is 1. The first-order valence-corrected chi connectivity index (χ1v) is 13.3. The number of halogens is 2. The molecule has 206 valence electrons. The topological polar surface area (TPSA) is 86.0 Å². The molecule has 38 heavy (non-hydrogen) atoms. The van der Waals surface area contributed by atoms with Crippen molar-refractivity contribution in [1.82, 2.24) is 19.8 Å². The summed E-state index contributed by atoms with van der Waals surface area (Å²) in [4.78, 5) is 19.6. The van der Waals surface area contributed by atoms with Crippen LogP contribution in [-0.2, 0) is 24.2 Å². The van der Waals surface area contributed by atoms with Crippen LogP contribution in [-0.4, -0.2) is 58.8 Å². The first kappa shape index (κ1) is 29.4. The lowest BCUT2D eigenvalue weighted by atomic mass is 9.87. The van der Waals surface area contributed by atoms with Crippen molar-refractivity contribution in [2.24, 2.45) is 0 Å². The van der Waals surface area contributed by atoms with Crippen LogP contribution in [0.2, 0.25) is 0 Å². The third kappa shape index (κ3) is 8.70. The molecule has 1 aromatic carbocycles. The maximum absolute atomic E-state index is 14.3. The fraction of sp³-hybridized carbons (Fsp3) is 0.483. The number of likely N-dealkylation sites (N-methyl/N-ethyl adjacent to an activating group) is 1. The lowest BCUT2D eigenvalue weighted by Crippen LogP contribution is -2.48. The van der Waals surface area contributed by atoms with E-state index in [1.807, 2.05) is 50.7 Å². The first-order valence-electron chi connectivity index (χ1n) is 13.3. The molecule has 0 spiro atoms. The van der Waals surface area contributed by atoms with Gasteiger partial charge in [0.1, 0.15) is 11.6 Å². The largest absolute Gasteiger partial charge is 0.334 e. The summed E-state index contributed by atoms with van der Waals surface area (Å²) in [5.41, 5.74) is 3.37. The van der Waals surface area contributed by atoms with Crippen LogP contribution in [0.1, 0.15) is 51.2 Å². The Bertz CT molecular complexity index is 1170. The highest BCUT2D eigenvalue weighted by Gasteiger charge is 2.27. The average molecular weight is 527 g/mol. The van der Waals surface area contributed by atoms with E-state index in [0.29, 0.717) is 49.3 Å². The number of amides is 1. The van der Waals surface area contributed by atoms with Crippen molar-refractivity contribution in [2.45, 2.75) is 71.5 Å². The number of anilines is 1. The van der Waals surface area contributed by atoms with Crippen LogP contribution in [0, 0.1) is 17.0 Å². The van der Waals surface area contributed by atoms with Gasteiger partial charge in [0.25, 0.3) is 0 Å². The van der Waals surface area contributed by atoms with Gasteiger partial charge < -0.3 is 25.5 Å². The molecule has 0 fully saturated rings. The Kier molecular flexibility index (Phi) is 10.9. The maximum atomic E-state index is 14.3. The Morgan fingerprint density at radius 3 is 2.82 bits per heavy atom. The molecule has 3 rings (SSSR count). The van der Waals surface area contributed by atoms with Gasteiger partial charge in [0, 0.05) is 44.2 Å². The normalized spacial score (nSPS) is 16.2. The molecule has 2 aromatic rings. The standard InChI is InChI=1S/C29H40F2N6O/c1-5-6-27(34-24-10-9-22-13-23(30)14-26(31)25(22)15-24)29(38)35-28-18-37(19-33-28)12-11-36(4)17-21(16-32)8-7-20(2)3/h7-8,13-14,16,18-19,24,27,32,34H,5-6,9-12,15,17H2,1-4H3,(H,35,38)/b21-8+,32-16?/t24-,27-/m0/s1. The van der Waals surface area contributed by atoms with E-state index in [1.165, 1.54) is 17.9 Å². The molecule has 1 aromatic heterocycles. The number of allylic oxidation sites excluding steroid dienone is 3. The molecule has 1 amide bonds. The lowest BCUT2D eigenvalue weighted by molar-refractivity contribution is -0.118. The number of nitrogens with one attached hydrogen (secondary N) is 3. The van der Waals surface area contributed by atoms with E-state index < -0.39 is 17.7 Å². The van der Waals surface area contributed by atoms with Gasteiger partial charge in [-0.1, -0.05) is 31.1 Å². The number of nitrogens with zero attached hydrogens (tertiary/aromatic N) is 3. The second-order valence-corrected chi connectivity index (χ2v) is 10.3. The van der Waals surface area contributed by atoms with E-state index in [1.54, 1.807) is 6.33 Å². The van der Waals surface area contributed by atoms with Gasteiger partial charge in [0.2, 0.25) is 5.91 Å². The highest BCUT2D eigenvalue weighted by atomic mass is 19.1. The molecule has 1 aliphatic carbocycles. The SMILES string of the molecule is CCC[C@H](N[C@H]1CCc2cc(F)cc(F)c2C1)C(=O)Nc1cn(CCN(C)C/C(C=N)=C/C=C(C)C)cn1. The van der Waals surface area contributed by atoms with Crippen molar-refractivity contribution in [3.05, 3.63) is 70.7 Å². The van der Waals surface area contributed by atoms with E-state index in [-0.39, 0.29) is 11.9 Å². The van der Waals surface area contributed by atoms with Gasteiger partial charge in [-0.15, -0.1) is 0 Å². The molecule has 0 unspecified atom stereocenters. The summed E-state index contributed by atoms with van der Waals surface area (Å²) in [5, 5.41) is 13.9. The predicted octanol–water partition coefficient (Wildman–Crippen LogP) is 4.89. The number of hydrogen-bond acceptors (Lipinski definition) is 5. The Hall–Kier alpha value is -3.17. The van der Waals surface area contributed by atoms with E-state index in [2.05, 4.69) is 20.5 Å². The Balaban J connectivity index is 1.53. The van der Waals surface area contributed by atoms with E-state index in [9.17, 15) is 13.6 Å². The molecule has 0 radical (unpaired) electrons. The molecule has 1 heterocycles. The minimum Gasteiger partial charge on any atom is -0.334 e. The summed E-state index contributed by atoms with van der Waals surface area (Å²) >= 11 is 0. The summed E-state index contributed by atoms with van der Waals surface area (Å²) in [5.74, 6) is -0.745. The molecule has 3 N–H and O–H groups in total. The van der Waals surface area contributed by atoms with E-state index in [0.717, 1.165) is 31.0 Å². The Labute approximate surface area is 224 Å². The molecular weight excluding hydrogens is 486 g/mol. The second-order valence-electron chi connectivity index (χ2n) is 10.3. The van der Waals surface area contributed by atoms with E-state index in [4.69, 9.17) is 5.41 Å². The molecule has 1 aliphatic rings.